The molecule has 0 bridgehead atoms. The summed E-state index contributed by atoms with van der Waals surface area (Å²) in [5, 5.41) is 0.659. The molecule has 0 atom stereocenters. The smallest absolute Gasteiger partial charge is 0.293 e. The van der Waals surface area contributed by atoms with Gasteiger partial charge in [-0.3, -0.25) is 14.5 Å². The first-order valence-corrected chi connectivity index (χ1v) is 13.0. The molecule has 0 unspecified atom stereocenters. The van der Waals surface area contributed by atoms with Crippen molar-refractivity contribution in [3.8, 4) is 11.5 Å². The van der Waals surface area contributed by atoms with Gasteiger partial charge in [0.05, 0.1) is 23.1 Å². The third-order valence-corrected chi connectivity index (χ3v) is 7.30. The van der Waals surface area contributed by atoms with Gasteiger partial charge >= 0.3 is 0 Å². The summed E-state index contributed by atoms with van der Waals surface area (Å²) in [5.74, 6) is 0.503. The average molecular weight is 593 g/mol. The van der Waals surface area contributed by atoms with Gasteiger partial charge in [0.15, 0.2) is 11.5 Å². The van der Waals surface area contributed by atoms with Gasteiger partial charge in [-0.2, -0.15) is 0 Å². The van der Waals surface area contributed by atoms with Crippen molar-refractivity contribution >= 4 is 68.1 Å². The molecule has 2 amide bonds. The molecule has 3 aromatic carbocycles. The molecule has 0 aromatic heterocycles. The first-order chi connectivity index (χ1) is 16.9. The Bertz CT molecular complexity index is 1300. The van der Waals surface area contributed by atoms with Gasteiger partial charge in [-0.05, 0) is 71.8 Å². The van der Waals surface area contributed by atoms with Gasteiger partial charge in [0.1, 0.15) is 6.61 Å². The summed E-state index contributed by atoms with van der Waals surface area (Å²) in [6.45, 7) is 2.73. The molecule has 1 aliphatic heterocycles. The minimum atomic E-state index is -0.354. The van der Waals surface area contributed by atoms with E-state index in [1.807, 2.05) is 43.3 Å². The van der Waals surface area contributed by atoms with Gasteiger partial charge in [-0.25, -0.2) is 0 Å². The number of benzene rings is 3. The van der Waals surface area contributed by atoms with E-state index in [0.717, 1.165) is 27.4 Å². The van der Waals surface area contributed by atoms with Gasteiger partial charge in [-0.1, -0.05) is 69.5 Å². The lowest BCUT2D eigenvalue weighted by Crippen LogP contribution is -2.27. The molecule has 180 valence electrons. The summed E-state index contributed by atoms with van der Waals surface area (Å²) in [5.41, 5.74) is 2.40. The Hall–Kier alpha value is -2.45. The highest BCUT2D eigenvalue weighted by molar-refractivity contribution is 9.10. The van der Waals surface area contributed by atoms with Crippen LogP contribution in [0.2, 0.25) is 10.0 Å². The largest absolute Gasteiger partial charge is 0.490 e. The highest BCUT2D eigenvalue weighted by Gasteiger charge is 2.35. The first kappa shape index (κ1) is 25.6. The third-order valence-electron chi connectivity index (χ3n) is 5.09. The molecule has 1 saturated heterocycles. The van der Waals surface area contributed by atoms with Crippen molar-refractivity contribution < 1.29 is 19.1 Å². The maximum absolute atomic E-state index is 13.0. The normalized spacial score (nSPS) is 14.6. The molecule has 0 aliphatic carbocycles. The average Bonchev–Trinajstić information content (AvgIpc) is 3.08. The SMILES string of the molecule is CCOc1cc(/C=C2\SC(=O)N(Cc3ccccc3Br)C2=O)cc(Cl)c1OCc1ccc(Cl)cc1. The Balaban J connectivity index is 1.55. The zero-order chi connectivity index (χ0) is 24.9. The summed E-state index contributed by atoms with van der Waals surface area (Å²) in [7, 11) is 0. The molecule has 0 radical (unpaired) electrons. The second-order valence-electron chi connectivity index (χ2n) is 7.54. The molecule has 1 heterocycles. The monoisotopic (exact) mass is 591 g/mol. The molecular weight excluding hydrogens is 573 g/mol. The van der Waals surface area contributed by atoms with E-state index in [2.05, 4.69) is 15.9 Å². The zero-order valence-corrected chi connectivity index (χ0v) is 22.5. The van der Waals surface area contributed by atoms with E-state index in [9.17, 15) is 9.59 Å². The van der Waals surface area contributed by atoms with Crippen LogP contribution >= 0.6 is 50.9 Å². The highest BCUT2D eigenvalue weighted by Crippen LogP contribution is 2.40. The molecular formula is C26H20BrCl2NO4S. The number of nitrogens with zero attached hydrogens (tertiary/aromatic N) is 1. The van der Waals surface area contributed by atoms with Crippen LogP contribution in [0.4, 0.5) is 4.79 Å². The molecule has 1 aliphatic rings. The van der Waals surface area contributed by atoms with Crippen LogP contribution in [0.15, 0.2) is 70.0 Å². The lowest BCUT2D eigenvalue weighted by molar-refractivity contribution is -0.123. The number of hydrogen-bond acceptors (Lipinski definition) is 5. The number of rotatable bonds is 8. The maximum Gasteiger partial charge on any atom is 0.293 e. The fourth-order valence-electron chi connectivity index (χ4n) is 3.40. The van der Waals surface area contributed by atoms with Crippen LogP contribution in [0, 0.1) is 0 Å². The molecule has 0 N–H and O–H groups in total. The predicted molar refractivity (Wildman–Crippen MR) is 144 cm³/mol. The zero-order valence-electron chi connectivity index (χ0n) is 18.6. The minimum absolute atomic E-state index is 0.186. The Morgan fingerprint density at radius 2 is 1.77 bits per heavy atom. The quantitative estimate of drug-likeness (QED) is 0.248. The van der Waals surface area contributed by atoms with Crippen molar-refractivity contribution in [1.82, 2.24) is 4.90 Å². The van der Waals surface area contributed by atoms with Crippen LogP contribution in [0.5, 0.6) is 11.5 Å². The molecule has 5 nitrogen and oxygen atoms in total. The fraction of sp³-hybridized carbons (Fsp3) is 0.154. The van der Waals surface area contributed by atoms with Crippen LogP contribution in [-0.2, 0) is 17.9 Å². The first-order valence-electron chi connectivity index (χ1n) is 10.7. The lowest BCUT2D eigenvalue weighted by Gasteiger charge is -2.15. The highest BCUT2D eigenvalue weighted by atomic mass is 79.9. The Morgan fingerprint density at radius 1 is 1.03 bits per heavy atom. The van der Waals surface area contributed by atoms with E-state index in [-0.39, 0.29) is 24.3 Å². The molecule has 35 heavy (non-hydrogen) atoms. The topological polar surface area (TPSA) is 55.8 Å². The predicted octanol–water partition coefficient (Wildman–Crippen LogP) is 7.97. The number of hydrogen-bond donors (Lipinski definition) is 0. The van der Waals surface area contributed by atoms with Gasteiger partial charge in [-0.15, -0.1) is 0 Å². The van der Waals surface area contributed by atoms with E-state index in [1.165, 1.54) is 4.90 Å². The van der Waals surface area contributed by atoms with Crippen molar-refractivity contribution in [3.63, 3.8) is 0 Å². The fourth-order valence-corrected chi connectivity index (χ4v) is 5.04. The lowest BCUT2D eigenvalue weighted by atomic mass is 10.1. The van der Waals surface area contributed by atoms with Gasteiger partial charge in [0, 0.05) is 9.50 Å². The number of halogens is 3. The van der Waals surface area contributed by atoms with Crippen LogP contribution in [-0.4, -0.2) is 22.7 Å². The Kier molecular flexibility index (Phi) is 8.44. The van der Waals surface area contributed by atoms with Crippen molar-refractivity contribution in [3.05, 3.63) is 96.8 Å². The summed E-state index contributed by atoms with van der Waals surface area (Å²) in [6.07, 6.45) is 1.64. The number of thioether (sulfide) groups is 1. The number of ether oxygens (including phenoxy) is 2. The van der Waals surface area contributed by atoms with Gasteiger partial charge < -0.3 is 9.47 Å². The Labute approximate surface area is 226 Å². The van der Waals surface area contributed by atoms with E-state index in [1.54, 1.807) is 30.3 Å². The molecule has 0 saturated carbocycles. The molecule has 3 aromatic rings. The molecule has 4 rings (SSSR count). The van der Waals surface area contributed by atoms with E-state index in [4.69, 9.17) is 32.7 Å². The Morgan fingerprint density at radius 3 is 2.49 bits per heavy atom. The van der Waals surface area contributed by atoms with E-state index in [0.29, 0.717) is 38.6 Å². The van der Waals surface area contributed by atoms with E-state index >= 15 is 0 Å². The van der Waals surface area contributed by atoms with Gasteiger partial charge in [0.25, 0.3) is 11.1 Å². The van der Waals surface area contributed by atoms with Crippen molar-refractivity contribution in [2.45, 2.75) is 20.1 Å². The van der Waals surface area contributed by atoms with Crippen LogP contribution in [0.1, 0.15) is 23.6 Å². The van der Waals surface area contributed by atoms with Gasteiger partial charge in [0.2, 0.25) is 0 Å². The maximum atomic E-state index is 13.0. The van der Waals surface area contributed by atoms with Crippen LogP contribution in [0.3, 0.4) is 0 Å². The summed E-state index contributed by atoms with van der Waals surface area (Å²) < 4.78 is 12.5. The number of carbonyl (C=O) groups is 2. The molecule has 1 fully saturated rings. The van der Waals surface area contributed by atoms with Crippen LogP contribution in [0.25, 0.3) is 6.08 Å². The standard InChI is InChI=1S/C26H20BrCl2NO4S/c1-2-33-22-12-17(11-21(29)24(22)34-15-16-7-9-19(28)10-8-16)13-23-25(31)30(26(32)35-23)14-18-5-3-4-6-20(18)27/h3-13H,2,14-15H2,1H3/b23-13-. The molecule has 0 spiro atoms. The second-order valence-corrected chi connectivity index (χ2v) is 10.2. The summed E-state index contributed by atoms with van der Waals surface area (Å²) >= 11 is 16.8. The molecule has 9 heteroatoms. The number of carbonyl (C=O) groups excluding carboxylic acids is 2. The second kappa shape index (κ2) is 11.5. The number of amides is 2. The van der Waals surface area contributed by atoms with Crippen molar-refractivity contribution in [2.75, 3.05) is 6.61 Å². The van der Waals surface area contributed by atoms with Crippen molar-refractivity contribution in [1.29, 1.82) is 0 Å². The summed E-state index contributed by atoms with van der Waals surface area (Å²) in [4.78, 5) is 27.1. The number of imide groups is 1. The third kappa shape index (κ3) is 6.22. The van der Waals surface area contributed by atoms with Crippen LogP contribution < -0.4 is 9.47 Å². The minimum Gasteiger partial charge on any atom is -0.490 e. The summed E-state index contributed by atoms with van der Waals surface area (Å²) in [6, 6.07) is 18.2. The van der Waals surface area contributed by atoms with E-state index < -0.39 is 0 Å². The van der Waals surface area contributed by atoms with Crippen molar-refractivity contribution in [2.24, 2.45) is 0 Å².